The summed E-state index contributed by atoms with van der Waals surface area (Å²) in [5.74, 6) is 0. The number of nitrogens with zero attached hydrogens (tertiary/aromatic N) is 1. The fourth-order valence-corrected chi connectivity index (χ4v) is 4.47. The Morgan fingerprint density at radius 1 is 1.50 bits per heavy atom. The lowest BCUT2D eigenvalue weighted by Crippen LogP contribution is -2.21. The van der Waals surface area contributed by atoms with Gasteiger partial charge in [0.25, 0.3) is 0 Å². The number of aliphatic hydroxyl groups is 1. The molecule has 0 unspecified atom stereocenters. The van der Waals surface area contributed by atoms with E-state index >= 15 is 0 Å². The molecule has 0 saturated carbocycles. The molecule has 0 fully saturated rings. The van der Waals surface area contributed by atoms with E-state index in [0.29, 0.717) is 4.88 Å². The molecule has 0 bridgehead atoms. The molecule has 98 valence electrons. The Hall–Kier alpha value is -0.800. The third kappa shape index (κ3) is 2.96. The van der Waals surface area contributed by atoms with E-state index in [-0.39, 0.29) is 17.4 Å². The molecule has 0 atom stereocenters. The molecule has 0 aliphatic heterocycles. The van der Waals surface area contributed by atoms with Crippen molar-refractivity contribution in [3.05, 3.63) is 33.1 Å². The molecule has 2 N–H and O–H groups in total. The molecule has 2 rings (SSSR count). The Bertz CT molecular complexity index is 617. The van der Waals surface area contributed by atoms with Crippen molar-refractivity contribution in [2.45, 2.75) is 24.3 Å². The van der Waals surface area contributed by atoms with Gasteiger partial charge in [0.05, 0.1) is 12.1 Å². The second-order valence-electron chi connectivity index (χ2n) is 3.62. The maximum Gasteiger partial charge on any atom is 0.250 e. The summed E-state index contributed by atoms with van der Waals surface area (Å²) in [5, 5.41) is 9.07. The van der Waals surface area contributed by atoms with Gasteiger partial charge in [-0.15, -0.1) is 22.7 Å². The Morgan fingerprint density at radius 3 is 2.83 bits per heavy atom. The van der Waals surface area contributed by atoms with Crippen LogP contribution < -0.4 is 4.72 Å². The zero-order valence-corrected chi connectivity index (χ0v) is 12.0. The molecular formula is C10H12N2O3S3. The minimum Gasteiger partial charge on any atom is -0.391 e. The van der Waals surface area contributed by atoms with Gasteiger partial charge >= 0.3 is 0 Å². The molecular weight excluding hydrogens is 292 g/mol. The fraction of sp³-hybridized carbons (Fsp3) is 0.300. The summed E-state index contributed by atoms with van der Waals surface area (Å²) in [4.78, 5) is 5.41. The molecule has 0 radical (unpaired) electrons. The molecule has 0 aliphatic rings. The zero-order valence-electron chi connectivity index (χ0n) is 9.58. The summed E-state index contributed by atoms with van der Waals surface area (Å²) in [7, 11) is -3.51. The summed E-state index contributed by atoms with van der Waals surface area (Å²) in [6.07, 6.45) is 1.63. The van der Waals surface area contributed by atoms with E-state index in [0.717, 1.165) is 21.8 Å². The van der Waals surface area contributed by atoms with E-state index in [4.69, 9.17) is 5.11 Å². The maximum absolute atomic E-state index is 12.0. The highest BCUT2D eigenvalue weighted by molar-refractivity contribution is 7.91. The highest BCUT2D eigenvalue weighted by Gasteiger charge is 2.18. The number of sulfonamides is 1. The highest BCUT2D eigenvalue weighted by Crippen LogP contribution is 2.26. The van der Waals surface area contributed by atoms with E-state index in [2.05, 4.69) is 9.71 Å². The summed E-state index contributed by atoms with van der Waals surface area (Å²) in [5.41, 5.74) is 2.45. The van der Waals surface area contributed by atoms with Gasteiger partial charge in [0, 0.05) is 22.5 Å². The lowest BCUT2D eigenvalue weighted by Gasteiger charge is -2.02. The molecule has 2 aromatic heterocycles. The number of hydrogen-bond donors (Lipinski definition) is 2. The fourth-order valence-electron chi connectivity index (χ4n) is 1.34. The number of thiophene rings is 1. The van der Waals surface area contributed by atoms with Gasteiger partial charge in [-0.2, -0.15) is 0 Å². The molecule has 0 amide bonds. The van der Waals surface area contributed by atoms with Crippen molar-refractivity contribution in [2.75, 3.05) is 0 Å². The molecule has 0 spiro atoms. The van der Waals surface area contributed by atoms with Crippen LogP contribution in [0.1, 0.15) is 15.3 Å². The molecule has 0 aromatic carbocycles. The standard InChI is InChI=1S/C10H12N2O3S3/c1-7-2-10(17-9(7)5-13)18(14,15)12-4-8-3-11-6-16-8/h2-3,6,12-13H,4-5H2,1H3. The number of hydrogen-bond acceptors (Lipinski definition) is 6. The Labute approximate surface area is 113 Å². The van der Waals surface area contributed by atoms with Crippen LogP contribution >= 0.6 is 22.7 Å². The summed E-state index contributed by atoms with van der Waals surface area (Å²) < 4.78 is 26.8. The van der Waals surface area contributed by atoms with Crippen molar-refractivity contribution in [3.8, 4) is 0 Å². The predicted molar refractivity (Wildman–Crippen MR) is 71.1 cm³/mol. The number of rotatable bonds is 5. The van der Waals surface area contributed by atoms with E-state index < -0.39 is 10.0 Å². The number of aryl methyl sites for hydroxylation is 1. The lowest BCUT2D eigenvalue weighted by molar-refractivity contribution is 0.285. The molecule has 0 aliphatic carbocycles. The maximum atomic E-state index is 12.0. The number of aliphatic hydroxyl groups excluding tert-OH is 1. The molecule has 0 saturated heterocycles. The minimum absolute atomic E-state index is 0.138. The van der Waals surface area contributed by atoms with Gasteiger partial charge in [0.2, 0.25) is 10.0 Å². The van der Waals surface area contributed by atoms with Crippen LogP contribution in [-0.4, -0.2) is 18.5 Å². The average Bonchev–Trinajstić information content (AvgIpc) is 2.95. The molecule has 2 heterocycles. The number of thiazole rings is 1. The zero-order chi connectivity index (χ0) is 13.2. The van der Waals surface area contributed by atoms with Crippen LogP contribution in [0, 0.1) is 6.92 Å². The van der Waals surface area contributed by atoms with Gasteiger partial charge in [0.1, 0.15) is 4.21 Å². The van der Waals surface area contributed by atoms with Crippen molar-refractivity contribution in [1.82, 2.24) is 9.71 Å². The van der Waals surface area contributed by atoms with Crippen LogP contribution in [-0.2, 0) is 23.2 Å². The van der Waals surface area contributed by atoms with Crippen LogP contribution in [0.3, 0.4) is 0 Å². The van der Waals surface area contributed by atoms with Gasteiger partial charge in [-0.05, 0) is 18.6 Å². The van der Waals surface area contributed by atoms with Crippen molar-refractivity contribution in [2.24, 2.45) is 0 Å². The summed E-state index contributed by atoms with van der Waals surface area (Å²) >= 11 is 2.49. The number of aromatic nitrogens is 1. The topological polar surface area (TPSA) is 79.3 Å². The third-order valence-electron chi connectivity index (χ3n) is 2.33. The van der Waals surface area contributed by atoms with Crippen molar-refractivity contribution >= 4 is 32.7 Å². The Morgan fingerprint density at radius 2 is 2.28 bits per heavy atom. The van der Waals surface area contributed by atoms with Crippen molar-refractivity contribution < 1.29 is 13.5 Å². The normalized spacial score (nSPS) is 11.9. The lowest BCUT2D eigenvalue weighted by atomic mass is 10.3. The second-order valence-corrected chi connectivity index (χ2v) is 7.72. The summed E-state index contributed by atoms with van der Waals surface area (Å²) in [6.45, 7) is 1.88. The van der Waals surface area contributed by atoms with Crippen LogP contribution in [0.2, 0.25) is 0 Å². The molecule has 8 heteroatoms. The molecule has 18 heavy (non-hydrogen) atoms. The smallest absolute Gasteiger partial charge is 0.250 e. The van der Waals surface area contributed by atoms with Gasteiger partial charge in [0.15, 0.2) is 0 Å². The van der Waals surface area contributed by atoms with E-state index in [9.17, 15) is 8.42 Å². The summed E-state index contributed by atoms with van der Waals surface area (Å²) in [6, 6.07) is 1.57. The quantitative estimate of drug-likeness (QED) is 0.877. The first-order chi connectivity index (χ1) is 8.53. The Kier molecular flexibility index (Phi) is 4.13. The van der Waals surface area contributed by atoms with Gasteiger partial charge in [-0.1, -0.05) is 0 Å². The molecule has 2 aromatic rings. The van der Waals surface area contributed by atoms with Crippen molar-refractivity contribution in [3.63, 3.8) is 0 Å². The molecule has 5 nitrogen and oxygen atoms in total. The Balaban J connectivity index is 2.14. The van der Waals surface area contributed by atoms with E-state index in [1.807, 2.05) is 0 Å². The highest BCUT2D eigenvalue weighted by atomic mass is 32.2. The monoisotopic (exact) mass is 304 g/mol. The third-order valence-corrected chi connectivity index (χ3v) is 6.20. The average molecular weight is 304 g/mol. The minimum atomic E-state index is -3.51. The first-order valence-electron chi connectivity index (χ1n) is 5.10. The van der Waals surface area contributed by atoms with Gasteiger partial charge < -0.3 is 5.11 Å². The largest absolute Gasteiger partial charge is 0.391 e. The SMILES string of the molecule is Cc1cc(S(=O)(=O)NCc2cncs2)sc1CO. The first-order valence-corrected chi connectivity index (χ1v) is 8.28. The van der Waals surface area contributed by atoms with E-state index in [1.165, 1.54) is 11.3 Å². The van der Waals surface area contributed by atoms with Crippen molar-refractivity contribution in [1.29, 1.82) is 0 Å². The predicted octanol–water partition coefficient (Wildman–Crippen LogP) is 1.48. The number of nitrogens with one attached hydrogen (secondary N) is 1. The second kappa shape index (κ2) is 5.45. The van der Waals surface area contributed by atoms with Gasteiger partial charge in [-0.3, -0.25) is 4.98 Å². The van der Waals surface area contributed by atoms with Gasteiger partial charge in [-0.25, -0.2) is 13.1 Å². The van der Waals surface area contributed by atoms with Crippen LogP contribution in [0.4, 0.5) is 0 Å². The first kappa shape index (κ1) is 13.6. The van der Waals surface area contributed by atoms with Crippen LogP contribution in [0.5, 0.6) is 0 Å². The van der Waals surface area contributed by atoms with Crippen LogP contribution in [0.15, 0.2) is 22.0 Å². The van der Waals surface area contributed by atoms with E-state index in [1.54, 1.807) is 24.7 Å². The van der Waals surface area contributed by atoms with Crippen LogP contribution in [0.25, 0.3) is 0 Å².